The Hall–Kier alpha value is -10.3. The van der Waals surface area contributed by atoms with E-state index in [0.29, 0.717) is 0 Å². The smallest absolute Gasteiger partial charge is 0.212 e. The molecule has 10 aromatic carbocycles. The molecule has 6 heteroatoms. The predicted octanol–water partition coefficient (Wildman–Crippen LogP) is 26.0. The van der Waals surface area contributed by atoms with Crippen molar-refractivity contribution in [3.05, 3.63) is 336 Å². The normalized spacial score (nSPS) is 11.5. The van der Waals surface area contributed by atoms with Crippen LogP contribution in [0.4, 0.5) is 0 Å². The third kappa shape index (κ3) is 18.7. The molecule has 0 saturated carbocycles. The first-order valence-corrected chi connectivity index (χ1v) is 38.6. The fourth-order valence-corrected chi connectivity index (χ4v) is 15.2. The van der Waals surface area contributed by atoms with E-state index in [4.69, 9.17) is 0 Å². The second-order valence-electron chi connectivity index (χ2n) is 34.1. The molecule has 0 aliphatic heterocycles. The van der Waals surface area contributed by atoms with Crippen LogP contribution in [0.25, 0.3) is 134 Å². The number of terminal acetylenes is 1. The molecule has 4 heterocycles. The minimum atomic E-state index is 0. The molecule has 4 nitrogen and oxygen atoms in total. The Balaban J connectivity index is 0.000000327. The Morgan fingerprint density at radius 3 is 0.839 bits per heavy atom. The van der Waals surface area contributed by atoms with Gasteiger partial charge in [0.15, 0.2) is 18.6 Å². The third-order valence-corrected chi connectivity index (χ3v) is 21.6. The van der Waals surface area contributed by atoms with Gasteiger partial charge in [-0.25, -0.2) is 13.7 Å². The Morgan fingerprint density at radius 2 is 0.554 bits per heavy atom. The summed E-state index contributed by atoms with van der Waals surface area (Å²) in [5.74, 6) is 0. The van der Waals surface area contributed by atoms with Crippen LogP contribution in [0.5, 0.6) is 0 Å². The van der Waals surface area contributed by atoms with Gasteiger partial charge in [-0.1, -0.05) is 263 Å². The summed E-state index contributed by atoms with van der Waals surface area (Å²) in [7, 11) is 6.45. The Labute approximate surface area is 696 Å². The predicted molar refractivity (Wildman–Crippen MR) is 467 cm³/mol. The van der Waals surface area contributed by atoms with Crippen LogP contribution in [0.2, 0.25) is 0 Å². The van der Waals surface area contributed by atoms with Crippen LogP contribution in [0.3, 0.4) is 0 Å². The number of aromatic nitrogens is 4. The second kappa shape index (κ2) is 34.7. The molecule has 0 saturated heterocycles. The number of aryl methyl sites for hydroxylation is 8. The molecular weight excluding hydrogens is 1710 g/mol. The van der Waals surface area contributed by atoms with Crippen LogP contribution in [0.15, 0.2) is 280 Å². The number of nitrogens with zero attached hydrogens (tertiary/aromatic N) is 4. The Bertz CT molecular complexity index is 5330. The molecule has 568 valence electrons. The van der Waals surface area contributed by atoms with Crippen LogP contribution in [0.1, 0.15) is 133 Å². The zero-order chi connectivity index (χ0) is 78.7. The van der Waals surface area contributed by atoms with Gasteiger partial charge in [-0.2, -0.15) is 0 Å². The molecule has 0 spiro atoms. The van der Waals surface area contributed by atoms with E-state index < -0.39 is 0 Å². The molecule has 0 aliphatic rings. The van der Waals surface area contributed by atoms with Crippen molar-refractivity contribution in [2.24, 2.45) is 21.1 Å². The molecule has 0 bridgehead atoms. The summed E-state index contributed by atoms with van der Waals surface area (Å²) in [6.45, 7) is 38.3. The first-order chi connectivity index (χ1) is 52.3. The summed E-state index contributed by atoms with van der Waals surface area (Å²) in [5, 5.41) is 0. The van der Waals surface area contributed by atoms with Crippen molar-refractivity contribution in [2.45, 2.75) is 139 Å². The molecule has 14 aromatic rings. The second-order valence-corrected chi connectivity index (χ2v) is 34.1. The molecule has 0 atom stereocenters. The molecule has 0 amide bonds. The largest absolute Gasteiger partial charge is 0.305 e. The molecular formula is C106H108Ir2N4+2. The van der Waals surface area contributed by atoms with Gasteiger partial charge in [0.25, 0.3) is 0 Å². The van der Waals surface area contributed by atoms with E-state index in [9.17, 15) is 0 Å². The Morgan fingerprint density at radius 1 is 0.277 bits per heavy atom. The van der Waals surface area contributed by atoms with Crippen molar-refractivity contribution >= 4 is 0 Å². The van der Waals surface area contributed by atoms with E-state index in [-0.39, 0.29) is 61.9 Å². The van der Waals surface area contributed by atoms with E-state index in [1.807, 2.05) is 6.20 Å². The van der Waals surface area contributed by atoms with Gasteiger partial charge >= 0.3 is 0 Å². The molecule has 14 rings (SSSR count). The SMILES string of the molecule is C#C.Cc1cc(-c2ccccc2-c2cc(-c3ccccc3-c3ccc(-c4cc(C(C)(C)C)cc[n+]4C)c(C)c3)cc(-c3ccccc3-c3ccc(-c4cc(C(C)(C)C)cc[n+]4C)c(C)c3)c2)ccc1-c1cc(C(C)(C)C)cc[n+]1C.Cc1cc(C)cc(-c2ccccc2-c2c[c-]c(-c3cc(C(C)(C)C)ccn3)cc2)c1.[Ir].[Ir]. The quantitative estimate of drug-likeness (QED) is 0.0680. The van der Waals surface area contributed by atoms with Gasteiger partial charge in [0.05, 0.1) is 0 Å². The van der Waals surface area contributed by atoms with Crippen molar-refractivity contribution in [3.8, 4) is 147 Å². The van der Waals surface area contributed by atoms with Crippen LogP contribution in [0, 0.1) is 53.5 Å². The van der Waals surface area contributed by atoms with Gasteiger partial charge in [-0.05, 0) is 221 Å². The van der Waals surface area contributed by atoms with Crippen molar-refractivity contribution in [3.63, 3.8) is 0 Å². The van der Waals surface area contributed by atoms with E-state index in [0.717, 1.165) is 11.3 Å². The van der Waals surface area contributed by atoms with Crippen LogP contribution in [-0.2, 0) is 83.0 Å². The monoisotopic (exact) mass is 1820 g/mol. The van der Waals surface area contributed by atoms with Crippen LogP contribution in [-0.4, -0.2) is 4.98 Å². The fourth-order valence-electron chi connectivity index (χ4n) is 15.2. The Kier molecular flexibility index (Phi) is 26.1. The van der Waals surface area contributed by atoms with Crippen molar-refractivity contribution in [1.29, 1.82) is 0 Å². The molecule has 4 aromatic heterocycles. The topological polar surface area (TPSA) is 24.5 Å². The first kappa shape index (κ1) is 84.1. The van der Waals surface area contributed by atoms with Crippen LogP contribution >= 0.6 is 0 Å². The number of benzene rings is 10. The van der Waals surface area contributed by atoms with Crippen molar-refractivity contribution < 1.29 is 53.9 Å². The maximum absolute atomic E-state index is 4.58. The number of rotatable bonds is 12. The average molecular weight is 1820 g/mol. The third-order valence-electron chi connectivity index (χ3n) is 21.6. The minimum absolute atomic E-state index is 0. The van der Waals surface area contributed by atoms with Gasteiger partial charge in [0.2, 0.25) is 17.1 Å². The van der Waals surface area contributed by atoms with Gasteiger partial charge in [0.1, 0.15) is 21.1 Å². The number of hydrogen-bond acceptors (Lipinski definition) is 1. The van der Waals surface area contributed by atoms with E-state index in [1.165, 1.54) is 173 Å². The number of hydrogen-bond donors (Lipinski definition) is 0. The van der Waals surface area contributed by atoms with Gasteiger partial charge in [0, 0.05) is 99.5 Å². The van der Waals surface area contributed by atoms with Crippen molar-refractivity contribution in [2.75, 3.05) is 0 Å². The zero-order valence-electron chi connectivity index (χ0n) is 69.2. The van der Waals surface area contributed by atoms with Gasteiger partial charge < -0.3 is 4.98 Å². The van der Waals surface area contributed by atoms with E-state index in [2.05, 4.69) is 450 Å². The average Bonchev–Trinajstić information content (AvgIpc) is 0.778. The van der Waals surface area contributed by atoms with Gasteiger partial charge in [-0.15, -0.1) is 42.7 Å². The van der Waals surface area contributed by atoms with Gasteiger partial charge in [-0.3, -0.25) is 0 Å². The maximum Gasteiger partial charge on any atom is 0.212 e. The maximum atomic E-state index is 4.58. The summed E-state index contributed by atoms with van der Waals surface area (Å²) in [6, 6.07) is 98.5. The summed E-state index contributed by atoms with van der Waals surface area (Å²) in [6.07, 6.45) is 16.5. The fraction of sp³-hybridized carbons (Fsp3) is 0.226. The molecule has 0 aliphatic carbocycles. The molecule has 112 heavy (non-hydrogen) atoms. The summed E-state index contributed by atoms with van der Waals surface area (Å²) >= 11 is 0. The first-order valence-electron chi connectivity index (χ1n) is 38.6. The molecule has 0 N–H and O–H groups in total. The van der Waals surface area contributed by atoms with E-state index >= 15 is 0 Å². The minimum Gasteiger partial charge on any atom is -0.305 e. The molecule has 0 fully saturated rings. The summed E-state index contributed by atoms with van der Waals surface area (Å²) in [4.78, 5) is 4.58. The molecule has 0 unspecified atom stereocenters. The summed E-state index contributed by atoms with van der Waals surface area (Å²) in [5.41, 5.74) is 40.4. The van der Waals surface area contributed by atoms with Crippen LogP contribution < -0.4 is 13.7 Å². The number of pyridine rings is 4. The standard InChI is InChI=1S/C75H78N3.C29H28N.C2H2.2Ir/c1-49-40-52(28-31-61(49)70-46-58(73(4,5)6)34-37-76(70)13)64-22-16-19-25-67(64)55-43-56(68-26-20-17-23-65(68)53-29-32-62(50(2)41-53)71-47-59(74(7,8)9)35-38-77(71)14)45-57(44-55)69-27-21-18-24-66(69)54-30-33-63(51(3)42-54)72-48-60(75(10,11)12)36-39-78(72)15;1-20-16-21(2)18-24(17-20)27-9-7-6-8-26(27)22-10-12-23(13-11-22)28-19-25(14-15-30-28)29(3,4)5;1-2;;/h16-48H,1-15H3;6-12,14-19H,1-5H3;1-2H;;/q+3;-1;;;. The van der Waals surface area contributed by atoms with E-state index in [1.54, 1.807) is 0 Å². The zero-order valence-corrected chi connectivity index (χ0v) is 74.0. The van der Waals surface area contributed by atoms with Crippen molar-refractivity contribution in [1.82, 2.24) is 4.98 Å². The summed E-state index contributed by atoms with van der Waals surface area (Å²) < 4.78 is 6.74. The molecule has 2 radical (unpaired) electrons.